The maximum atomic E-state index is 14.3. The van der Waals surface area contributed by atoms with Crippen molar-refractivity contribution in [2.24, 2.45) is 0 Å². The first-order valence-corrected chi connectivity index (χ1v) is 16.6. The number of amides is 2. The molecule has 0 unspecified atom stereocenters. The average molecular weight is 670 g/mol. The van der Waals surface area contributed by atoms with Crippen LogP contribution in [0.4, 0.5) is 5.69 Å². The second-order valence-corrected chi connectivity index (χ2v) is 12.8. The molecular weight excluding hydrogens is 634 g/mol. The van der Waals surface area contributed by atoms with Gasteiger partial charge in [0.25, 0.3) is 11.8 Å². The van der Waals surface area contributed by atoms with Crippen molar-refractivity contribution in [2.75, 3.05) is 26.1 Å². The van der Waals surface area contributed by atoms with Crippen LogP contribution in [-0.2, 0) is 19.5 Å². The van der Waals surface area contributed by atoms with Gasteiger partial charge >= 0.3 is 0 Å². The van der Waals surface area contributed by atoms with E-state index in [1.54, 1.807) is 38.5 Å². The van der Waals surface area contributed by atoms with Crippen LogP contribution in [0.15, 0.2) is 109 Å². The summed E-state index contributed by atoms with van der Waals surface area (Å²) >= 11 is 5.97. The molecule has 49 heavy (non-hydrogen) atoms. The Bertz CT molecular complexity index is 2170. The Morgan fingerprint density at radius 3 is 2.14 bits per heavy atom. The number of methoxy groups -OCH3 is 2. The van der Waals surface area contributed by atoms with Crippen LogP contribution in [0.1, 0.15) is 43.1 Å². The molecule has 0 spiro atoms. The average Bonchev–Trinajstić information content (AvgIpc) is 3.49. The van der Waals surface area contributed by atoms with Crippen molar-refractivity contribution in [1.29, 1.82) is 0 Å². The molecule has 7 nitrogen and oxygen atoms in total. The minimum atomic E-state index is -0.200. The summed E-state index contributed by atoms with van der Waals surface area (Å²) in [6, 6.07) is 35.3. The topological polar surface area (TPSA) is 72.8 Å². The van der Waals surface area contributed by atoms with Gasteiger partial charge in [0, 0.05) is 46.8 Å². The fourth-order valence-corrected chi connectivity index (χ4v) is 6.57. The van der Waals surface area contributed by atoms with Crippen LogP contribution in [0.25, 0.3) is 22.0 Å². The summed E-state index contributed by atoms with van der Waals surface area (Å²) in [5.74, 6) is 1.15. The van der Waals surface area contributed by atoms with Crippen molar-refractivity contribution in [3.8, 4) is 22.6 Å². The third-order valence-electron chi connectivity index (χ3n) is 9.17. The van der Waals surface area contributed by atoms with Crippen LogP contribution in [0.3, 0.4) is 0 Å². The minimum absolute atomic E-state index is 0.00826. The highest BCUT2D eigenvalue weighted by molar-refractivity contribution is 6.30. The molecule has 0 saturated heterocycles. The second-order valence-electron chi connectivity index (χ2n) is 12.4. The van der Waals surface area contributed by atoms with Gasteiger partial charge < -0.3 is 24.3 Å². The van der Waals surface area contributed by atoms with E-state index in [1.165, 1.54) is 11.1 Å². The molecule has 1 aromatic heterocycles. The molecule has 1 N–H and O–H groups in total. The summed E-state index contributed by atoms with van der Waals surface area (Å²) in [5.41, 5.74) is 9.44. The van der Waals surface area contributed by atoms with Gasteiger partial charge in [-0.3, -0.25) is 9.59 Å². The lowest BCUT2D eigenvalue weighted by Gasteiger charge is -2.30. The first kappa shape index (κ1) is 32.0. The first-order chi connectivity index (χ1) is 23.8. The number of aryl methyl sites for hydroxylation is 1. The highest BCUT2D eigenvalue weighted by Crippen LogP contribution is 2.35. The molecule has 2 amide bonds. The van der Waals surface area contributed by atoms with E-state index in [9.17, 15) is 9.59 Å². The third-order valence-corrected chi connectivity index (χ3v) is 9.42. The van der Waals surface area contributed by atoms with Gasteiger partial charge in [0.15, 0.2) is 11.5 Å². The van der Waals surface area contributed by atoms with Crippen LogP contribution < -0.4 is 14.8 Å². The highest BCUT2D eigenvalue weighted by atomic mass is 35.5. The standard InChI is InChI=1S/C41H36ClN3O4/c1-26-4-6-27(7-5-26)24-45-36-17-12-30(28-10-15-35(16-11-28)43-40(46)29-8-13-34(42)14-9-29)20-32(36)21-37(45)41(47)44-19-18-31-22-38(48-2)39(49-3)23-33(31)25-44/h4-17,20-23H,18-19,24-25H2,1-3H3,(H,43,46). The Kier molecular flexibility index (Phi) is 8.85. The van der Waals surface area contributed by atoms with Crippen molar-refractivity contribution in [1.82, 2.24) is 9.47 Å². The molecule has 2 heterocycles. The van der Waals surface area contributed by atoms with Gasteiger partial charge in [-0.2, -0.15) is 0 Å². The van der Waals surface area contributed by atoms with E-state index in [-0.39, 0.29) is 11.8 Å². The summed E-state index contributed by atoms with van der Waals surface area (Å²) in [5, 5.41) is 4.51. The number of rotatable bonds is 8. The number of nitrogens with zero attached hydrogens (tertiary/aromatic N) is 2. The molecule has 0 radical (unpaired) electrons. The molecule has 6 aromatic rings. The quantitative estimate of drug-likeness (QED) is 0.176. The Morgan fingerprint density at radius 1 is 0.776 bits per heavy atom. The van der Waals surface area contributed by atoms with E-state index < -0.39 is 0 Å². The smallest absolute Gasteiger partial charge is 0.270 e. The molecule has 0 aliphatic carbocycles. The van der Waals surface area contributed by atoms with Gasteiger partial charge in [-0.1, -0.05) is 59.6 Å². The van der Waals surface area contributed by atoms with Crippen LogP contribution in [0.5, 0.6) is 11.5 Å². The number of ether oxygens (including phenoxy) is 2. The number of carbonyl (C=O) groups excluding carboxylic acids is 2. The summed E-state index contributed by atoms with van der Waals surface area (Å²) in [7, 11) is 3.27. The molecular formula is C41H36ClN3O4. The Hall–Kier alpha value is -5.53. The molecule has 0 saturated carbocycles. The number of nitrogens with one attached hydrogen (secondary N) is 1. The van der Waals surface area contributed by atoms with E-state index >= 15 is 0 Å². The van der Waals surface area contributed by atoms with Crippen LogP contribution >= 0.6 is 11.6 Å². The number of hydrogen-bond acceptors (Lipinski definition) is 4. The summed E-state index contributed by atoms with van der Waals surface area (Å²) in [4.78, 5) is 28.9. The van der Waals surface area contributed by atoms with Crippen molar-refractivity contribution < 1.29 is 19.1 Å². The SMILES string of the molecule is COc1cc2c(cc1OC)CN(C(=O)c1cc3cc(-c4ccc(NC(=O)c5ccc(Cl)cc5)cc4)ccc3n1Cc1ccc(C)cc1)CC2. The van der Waals surface area contributed by atoms with Gasteiger partial charge in [0.1, 0.15) is 5.69 Å². The predicted octanol–water partition coefficient (Wildman–Crippen LogP) is 8.79. The molecule has 5 aromatic carbocycles. The zero-order valence-corrected chi connectivity index (χ0v) is 28.4. The van der Waals surface area contributed by atoms with E-state index in [0.29, 0.717) is 53.1 Å². The zero-order chi connectivity index (χ0) is 34.1. The number of fused-ring (bicyclic) bond motifs is 2. The van der Waals surface area contributed by atoms with E-state index in [2.05, 4.69) is 59.3 Å². The largest absolute Gasteiger partial charge is 0.493 e. The maximum absolute atomic E-state index is 14.3. The van der Waals surface area contributed by atoms with Crippen molar-refractivity contribution in [3.05, 3.63) is 148 Å². The first-order valence-electron chi connectivity index (χ1n) is 16.2. The Labute approximate surface area is 290 Å². The fourth-order valence-electron chi connectivity index (χ4n) is 6.44. The van der Waals surface area contributed by atoms with Crippen molar-refractivity contribution >= 4 is 40.0 Å². The zero-order valence-electron chi connectivity index (χ0n) is 27.6. The highest BCUT2D eigenvalue weighted by Gasteiger charge is 2.27. The number of anilines is 1. The molecule has 246 valence electrons. The number of benzene rings is 5. The molecule has 0 fully saturated rings. The lowest BCUT2D eigenvalue weighted by molar-refractivity contribution is 0.0724. The van der Waals surface area contributed by atoms with Gasteiger partial charge in [-0.15, -0.1) is 0 Å². The monoisotopic (exact) mass is 669 g/mol. The van der Waals surface area contributed by atoms with Gasteiger partial charge in [0.2, 0.25) is 0 Å². The number of carbonyl (C=O) groups is 2. The van der Waals surface area contributed by atoms with E-state index in [4.69, 9.17) is 21.1 Å². The van der Waals surface area contributed by atoms with Crippen LogP contribution in [0.2, 0.25) is 5.02 Å². The predicted molar refractivity (Wildman–Crippen MR) is 195 cm³/mol. The van der Waals surface area contributed by atoms with Crippen LogP contribution in [0, 0.1) is 6.92 Å². The van der Waals surface area contributed by atoms with Crippen molar-refractivity contribution in [2.45, 2.75) is 26.4 Å². The molecule has 1 aliphatic heterocycles. The Balaban J connectivity index is 1.19. The molecule has 1 aliphatic rings. The van der Waals surface area contributed by atoms with Crippen LogP contribution in [-0.4, -0.2) is 42.0 Å². The molecule has 0 bridgehead atoms. The van der Waals surface area contributed by atoms with Gasteiger partial charge in [-0.05, 0) is 108 Å². The molecule has 0 atom stereocenters. The maximum Gasteiger partial charge on any atom is 0.270 e. The van der Waals surface area contributed by atoms with E-state index in [1.807, 2.05) is 47.4 Å². The Morgan fingerprint density at radius 2 is 1.45 bits per heavy atom. The normalized spacial score (nSPS) is 12.4. The minimum Gasteiger partial charge on any atom is -0.493 e. The fraction of sp³-hybridized carbons (Fsp3) is 0.171. The van der Waals surface area contributed by atoms with E-state index in [0.717, 1.165) is 39.6 Å². The lowest BCUT2D eigenvalue weighted by atomic mass is 9.98. The van der Waals surface area contributed by atoms with Crippen molar-refractivity contribution in [3.63, 3.8) is 0 Å². The van der Waals surface area contributed by atoms with Gasteiger partial charge in [0.05, 0.1) is 14.2 Å². The second kappa shape index (κ2) is 13.5. The number of halogens is 1. The summed E-state index contributed by atoms with van der Waals surface area (Å²) in [6.45, 7) is 3.75. The summed E-state index contributed by atoms with van der Waals surface area (Å²) in [6.07, 6.45) is 0.736. The molecule has 8 heteroatoms. The lowest BCUT2D eigenvalue weighted by Crippen LogP contribution is -2.37. The summed E-state index contributed by atoms with van der Waals surface area (Å²) < 4.78 is 13.2. The molecule has 7 rings (SSSR count). The van der Waals surface area contributed by atoms with Gasteiger partial charge in [-0.25, -0.2) is 0 Å². The number of aromatic nitrogens is 1. The third kappa shape index (κ3) is 6.62. The number of hydrogen-bond donors (Lipinski definition) is 1.